The fraction of sp³-hybridized carbons (Fsp3) is 0.350. The van der Waals surface area contributed by atoms with Crippen molar-refractivity contribution < 1.29 is 19.0 Å². The molecule has 1 heterocycles. The standard InChI is InChI=1S/C20H24N2O4/c1-4-6-12-26-17-9-8-15(14-18(17)25-5-2)13-16(20(23)24-3)19-21-10-7-11-22-19/h7-11,13-14H,4-6,12H2,1-3H3. The summed E-state index contributed by atoms with van der Waals surface area (Å²) in [7, 11) is 1.33. The van der Waals surface area contributed by atoms with E-state index in [1.807, 2.05) is 25.1 Å². The van der Waals surface area contributed by atoms with Crippen molar-refractivity contribution in [3.05, 3.63) is 48.0 Å². The van der Waals surface area contributed by atoms with Gasteiger partial charge in [-0.05, 0) is 43.2 Å². The average molecular weight is 356 g/mol. The molecule has 0 spiro atoms. The van der Waals surface area contributed by atoms with Gasteiger partial charge >= 0.3 is 5.97 Å². The van der Waals surface area contributed by atoms with E-state index in [9.17, 15) is 4.79 Å². The first-order valence-corrected chi connectivity index (χ1v) is 8.66. The molecule has 0 saturated carbocycles. The van der Waals surface area contributed by atoms with Gasteiger partial charge in [-0.15, -0.1) is 0 Å². The number of benzene rings is 1. The van der Waals surface area contributed by atoms with E-state index >= 15 is 0 Å². The summed E-state index contributed by atoms with van der Waals surface area (Å²) in [6.07, 6.45) is 6.87. The SMILES string of the molecule is CCCCOc1ccc(C=C(C(=O)OC)c2ncccn2)cc1OCC. The number of methoxy groups -OCH3 is 1. The van der Waals surface area contributed by atoms with Gasteiger partial charge in [-0.1, -0.05) is 19.4 Å². The van der Waals surface area contributed by atoms with Crippen LogP contribution in [0.2, 0.25) is 0 Å². The number of rotatable bonds is 9. The van der Waals surface area contributed by atoms with Crippen LogP contribution in [-0.2, 0) is 9.53 Å². The molecule has 1 aromatic heterocycles. The van der Waals surface area contributed by atoms with Crippen molar-refractivity contribution >= 4 is 17.6 Å². The fourth-order valence-corrected chi connectivity index (χ4v) is 2.26. The molecule has 0 unspecified atom stereocenters. The molecular formula is C20H24N2O4. The molecule has 0 saturated heterocycles. The van der Waals surface area contributed by atoms with Gasteiger partial charge < -0.3 is 14.2 Å². The van der Waals surface area contributed by atoms with Gasteiger partial charge in [0.05, 0.1) is 20.3 Å². The first kappa shape index (κ1) is 19.4. The van der Waals surface area contributed by atoms with Gasteiger partial charge in [-0.3, -0.25) is 0 Å². The molecule has 6 nitrogen and oxygen atoms in total. The summed E-state index contributed by atoms with van der Waals surface area (Å²) in [5, 5.41) is 0. The van der Waals surface area contributed by atoms with Gasteiger partial charge in [0.25, 0.3) is 0 Å². The Bertz CT molecular complexity index is 745. The normalized spacial score (nSPS) is 11.1. The van der Waals surface area contributed by atoms with E-state index in [1.165, 1.54) is 7.11 Å². The van der Waals surface area contributed by atoms with Crippen LogP contribution in [0, 0.1) is 0 Å². The van der Waals surface area contributed by atoms with Crippen molar-refractivity contribution in [2.24, 2.45) is 0 Å². The van der Waals surface area contributed by atoms with E-state index in [0.29, 0.717) is 30.5 Å². The third-order valence-corrected chi connectivity index (χ3v) is 3.55. The van der Waals surface area contributed by atoms with Crippen LogP contribution in [0.3, 0.4) is 0 Å². The zero-order chi connectivity index (χ0) is 18.8. The van der Waals surface area contributed by atoms with Crippen LogP contribution in [0.15, 0.2) is 36.7 Å². The largest absolute Gasteiger partial charge is 0.490 e. The van der Waals surface area contributed by atoms with Crippen molar-refractivity contribution in [3.8, 4) is 11.5 Å². The van der Waals surface area contributed by atoms with Crippen molar-refractivity contribution in [1.29, 1.82) is 0 Å². The molecule has 0 N–H and O–H groups in total. The molecule has 6 heteroatoms. The summed E-state index contributed by atoms with van der Waals surface area (Å²) < 4.78 is 16.3. The number of hydrogen-bond acceptors (Lipinski definition) is 6. The highest BCUT2D eigenvalue weighted by molar-refractivity contribution is 6.20. The van der Waals surface area contributed by atoms with Crippen LogP contribution in [0.5, 0.6) is 11.5 Å². The Labute approximate surface area is 153 Å². The van der Waals surface area contributed by atoms with Crippen molar-refractivity contribution in [1.82, 2.24) is 9.97 Å². The number of hydrogen-bond donors (Lipinski definition) is 0. The molecule has 0 aliphatic rings. The lowest BCUT2D eigenvalue weighted by Crippen LogP contribution is -2.07. The number of carbonyl (C=O) groups excluding carboxylic acids is 1. The lowest BCUT2D eigenvalue weighted by atomic mass is 10.1. The minimum atomic E-state index is -0.502. The first-order valence-electron chi connectivity index (χ1n) is 8.66. The van der Waals surface area contributed by atoms with Crippen LogP contribution >= 0.6 is 0 Å². The van der Waals surface area contributed by atoms with Gasteiger partial charge in [-0.25, -0.2) is 14.8 Å². The van der Waals surface area contributed by atoms with Gasteiger partial charge in [0.15, 0.2) is 17.3 Å². The first-order chi connectivity index (χ1) is 12.7. The number of aromatic nitrogens is 2. The second kappa shape index (κ2) is 10.2. The molecule has 0 fully saturated rings. The number of ether oxygens (including phenoxy) is 3. The summed E-state index contributed by atoms with van der Waals surface area (Å²) in [5.41, 5.74) is 1.04. The van der Waals surface area contributed by atoms with E-state index in [2.05, 4.69) is 16.9 Å². The molecule has 2 rings (SSSR count). The van der Waals surface area contributed by atoms with Crippen LogP contribution in [-0.4, -0.2) is 36.3 Å². The van der Waals surface area contributed by atoms with E-state index < -0.39 is 5.97 Å². The number of esters is 1. The highest BCUT2D eigenvalue weighted by Gasteiger charge is 2.16. The Morgan fingerprint density at radius 3 is 2.54 bits per heavy atom. The minimum absolute atomic E-state index is 0.273. The van der Waals surface area contributed by atoms with Gasteiger partial charge in [0, 0.05) is 12.4 Å². The molecule has 0 bridgehead atoms. The van der Waals surface area contributed by atoms with Crippen LogP contribution in [0.1, 0.15) is 38.1 Å². The predicted molar refractivity (Wildman–Crippen MR) is 99.9 cm³/mol. The van der Waals surface area contributed by atoms with Gasteiger partial charge in [0.1, 0.15) is 5.57 Å². The highest BCUT2D eigenvalue weighted by atomic mass is 16.5. The highest BCUT2D eigenvalue weighted by Crippen LogP contribution is 2.30. The van der Waals surface area contributed by atoms with Crippen molar-refractivity contribution in [2.45, 2.75) is 26.7 Å². The fourth-order valence-electron chi connectivity index (χ4n) is 2.26. The predicted octanol–water partition coefficient (Wildman–Crippen LogP) is 3.77. The van der Waals surface area contributed by atoms with Crippen LogP contribution < -0.4 is 9.47 Å². The zero-order valence-corrected chi connectivity index (χ0v) is 15.4. The maximum Gasteiger partial charge on any atom is 0.341 e. The van der Waals surface area contributed by atoms with Crippen molar-refractivity contribution in [2.75, 3.05) is 20.3 Å². The van der Waals surface area contributed by atoms with Crippen molar-refractivity contribution in [3.63, 3.8) is 0 Å². The van der Waals surface area contributed by atoms with Crippen LogP contribution in [0.4, 0.5) is 0 Å². The monoisotopic (exact) mass is 356 g/mol. The van der Waals surface area contributed by atoms with E-state index in [-0.39, 0.29) is 5.57 Å². The topological polar surface area (TPSA) is 70.5 Å². The molecule has 0 atom stereocenters. The Hall–Kier alpha value is -2.89. The zero-order valence-electron chi connectivity index (χ0n) is 15.4. The molecule has 26 heavy (non-hydrogen) atoms. The molecule has 2 aromatic rings. The van der Waals surface area contributed by atoms with E-state index in [1.54, 1.807) is 24.5 Å². The summed E-state index contributed by atoms with van der Waals surface area (Å²) in [4.78, 5) is 20.4. The molecule has 138 valence electrons. The van der Waals surface area contributed by atoms with Crippen LogP contribution in [0.25, 0.3) is 11.6 Å². The number of carbonyl (C=O) groups is 1. The molecule has 1 aromatic carbocycles. The molecule has 0 aliphatic heterocycles. The summed E-state index contributed by atoms with van der Waals surface area (Å²) in [6.45, 7) is 5.18. The quantitative estimate of drug-likeness (QED) is 0.387. The lowest BCUT2D eigenvalue weighted by molar-refractivity contribution is -0.133. The summed E-state index contributed by atoms with van der Waals surface area (Å²) >= 11 is 0. The molecule has 0 aliphatic carbocycles. The second-order valence-corrected chi connectivity index (χ2v) is 5.46. The Morgan fingerprint density at radius 2 is 1.88 bits per heavy atom. The third kappa shape index (κ3) is 5.31. The Kier molecular flexibility index (Phi) is 7.61. The van der Waals surface area contributed by atoms with E-state index in [0.717, 1.165) is 18.4 Å². The average Bonchev–Trinajstić information content (AvgIpc) is 2.68. The molecule has 0 radical (unpaired) electrons. The Balaban J connectivity index is 2.36. The number of nitrogens with zero attached hydrogens (tertiary/aromatic N) is 2. The molecular weight excluding hydrogens is 332 g/mol. The minimum Gasteiger partial charge on any atom is -0.490 e. The third-order valence-electron chi connectivity index (χ3n) is 3.55. The maximum absolute atomic E-state index is 12.1. The summed E-state index contributed by atoms with van der Waals surface area (Å²) in [5.74, 6) is 1.13. The smallest absolute Gasteiger partial charge is 0.341 e. The number of unbranched alkanes of at least 4 members (excludes halogenated alkanes) is 1. The summed E-state index contributed by atoms with van der Waals surface area (Å²) in [6, 6.07) is 7.22. The van der Waals surface area contributed by atoms with E-state index in [4.69, 9.17) is 14.2 Å². The Morgan fingerprint density at radius 1 is 1.12 bits per heavy atom. The lowest BCUT2D eigenvalue weighted by Gasteiger charge is -2.12. The van der Waals surface area contributed by atoms with Gasteiger partial charge in [-0.2, -0.15) is 0 Å². The maximum atomic E-state index is 12.1. The molecule has 0 amide bonds. The van der Waals surface area contributed by atoms with Gasteiger partial charge in [0.2, 0.25) is 0 Å². The second-order valence-electron chi connectivity index (χ2n) is 5.46.